The molecule has 0 bridgehead atoms. The monoisotopic (exact) mass is 334 g/mol. The number of benzene rings is 2. The van der Waals surface area contributed by atoms with Crippen LogP contribution in [0.4, 0.5) is 5.69 Å². The van der Waals surface area contributed by atoms with Gasteiger partial charge in [-0.05, 0) is 54.2 Å². The van der Waals surface area contributed by atoms with Crippen molar-refractivity contribution < 1.29 is 4.79 Å². The lowest BCUT2D eigenvalue weighted by Gasteiger charge is -2.35. The summed E-state index contributed by atoms with van der Waals surface area (Å²) in [7, 11) is 0. The molecule has 1 radical (unpaired) electrons. The van der Waals surface area contributed by atoms with E-state index in [0.29, 0.717) is 0 Å². The summed E-state index contributed by atoms with van der Waals surface area (Å²) in [4.78, 5) is 16.7. The average Bonchev–Trinajstić information content (AvgIpc) is 3.16. The fraction of sp³-hybridized carbons (Fsp3) is 0.381. The smallest absolute Gasteiger partial charge is 0.239 e. The van der Waals surface area contributed by atoms with Crippen LogP contribution in [-0.4, -0.2) is 30.4 Å². The van der Waals surface area contributed by atoms with Crippen LogP contribution in [0.25, 0.3) is 0 Å². The van der Waals surface area contributed by atoms with E-state index in [1.807, 2.05) is 18.2 Å². The lowest BCUT2D eigenvalue weighted by molar-refractivity contribution is -0.124. The highest BCUT2D eigenvalue weighted by Gasteiger charge is 2.31. The molecule has 2 aromatic rings. The quantitative estimate of drug-likeness (QED) is 0.935. The Bertz CT molecular complexity index is 750. The molecule has 1 unspecified atom stereocenters. The van der Waals surface area contributed by atoms with Crippen LogP contribution in [-0.2, 0) is 17.8 Å². The molecule has 0 aromatic heterocycles. The standard InChI is InChI=1S/C21H24N3O/c22-21(25)20-19-6-2-1-5-17(19)11-14-24(20)15-16-7-9-18(10-8-16)23-12-3-4-13-23/h2,5-10,20H,3-4,11-15H2,(H2,22,25). The highest BCUT2D eigenvalue weighted by molar-refractivity contribution is 5.82. The van der Waals surface area contributed by atoms with Gasteiger partial charge in [0.25, 0.3) is 0 Å². The van der Waals surface area contributed by atoms with E-state index in [2.05, 4.69) is 40.1 Å². The summed E-state index contributed by atoms with van der Waals surface area (Å²) in [5.41, 5.74) is 10.5. The Morgan fingerprint density at radius 3 is 2.60 bits per heavy atom. The van der Waals surface area contributed by atoms with Crippen molar-refractivity contribution in [3.8, 4) is 0 Å². The van der Waals surface area contributed by atoms with Crippen LogP contribution in [0.15, 0.2) is 42.5 Å². The molecule has 1 amide bonds. The second-order valence-corrected chi connectivity index (χ2v) is 7.01. The number of nitrogens with zero attached hydrogens (tertiary/aromatic N) is 2. The van der Waals surface area contributed by atoms with Crippen LogP contribution in [0, 0.1) is 6.07 Å². The molecular weight excluding hydrogens is 310 g/mol. The molecule has 0 saturated carbocycles. The Hall–Kier alpha value is -2.33. The van der Waals surface area contributed by atoms with Gasteiger partial charge in [-0.2, -0.15) is 0 Å². The highest BCUT2D eigenvalue weighted by Crippen LogP contribution is 2.31. The number of nitrogens with two attached hydrogens (primary N) is 1. The Labute approximate surface area is 149 Å². The van der Waals surface area contributed by atoms with Crippen molar-refractivity contribution in [2.45, 2.75) is 31.8 Å². The number of amides is 1. The summed E-state index contributed by atoms with van der Waals surface area (Å²) in [6.45, 7) is 3.89. The Balaban J connectivity index is 1.52. The maximum Gasteiger partial charge on any atom is 0.239 e. The second-order valence-electron chi connectivity index (χ2n) is 7.01. The fourth-order valence-electron chi connectivity index (χ4n) is 4.08. The van der Waals surface area contributed by atoms with Crippen molar-refractivity contribution in [3.05, 3.63) is 65.2 Å². The summed E-state index contributed by atoms with van der Waals surface area (Å²) < 4.78 is 0. The summed E-state index contributed by atoms with van der Waals surface area (Å²) in [5.74, 6) is -0.277. The zero-order valence-electron chi connectivity index (χ0n) is 14.4. The normalized spacial score (nSPS) is 20.5. The lowest BCUT2D eigenvalue weighted by Crippen LogP contribution is -2.42. The van der Waals surface area contributed by atoms with Crippen LogP contribution < -0.4 is 10.6 Å². The number of rotatable bonds is 4. The van der Waals surface area contributed by atoms with Gasteiger partial charge in [0.15, 0.2) is 0 Å². The molecule has 4 nitrogen and oxygen atoms in total. The number of fused-ring (bicyclic) bond motifs is 1. The van der Waals surface area contributed by atoms with E-state index in [9.17, 15) is 4.79 Å². The van der Waals surface area contributed by atoms with Gasteiger partial charge < -0.3 is 10.6 Å². The zero-order valence-corrected chi connectivity index (χ0v) is 14.4. The van der Waals surface area contributed by atoms with E-state index in [-0.39, 0.29) is 11.9 Å². The Kier molecular flexibility index (Phi) is 4.45. The third kappa shape index (κ3) is 3.27. The van der Waals surface area contributed by atoms with Gasteiger partial charge in [-0.1, -0.05) is 30.3 Å². The molecule has 4 rings (SSSR count). The molecule has 2 aliphatic heterocycles. The molecule has 1 atom stereocenters. The van der Waals surface area contributed by atoms with E-state index in [4.69, 9.17) is 5.73 Å². The van der Waals surface area contributed by atoms with Crippen LogP contribution in [0.3, 0.4) is 0 Å². The third-order valence-corrected chi connectivity index (χ3v) is 5.38. The molecule has 1 fully saturated rings. The first-order valence-corrected chi connectivity index (χ1v) is 9.08. The van der Waals surface area contributed by atoms with Crippen LogP contribution >= 0.6 is 0 Å². The first-order chi connectivity index (χ1) is 12.2. The summed E-state index contributed by atoms with van der Waals surface area (Å²) >= 11 is 0. The van der Waals surface area contributed by atoms with Gasteiger partial charge in [0.2, 0.25) is 5.91 Å². The molecule has 25 heavy (non-hydrogen) atoms. The van der Waals surface area contributed by atoms with Gasteiger partial charge in [0.1, 0.15) is 6.04 Å². The molecule has 1 saturated heterocycles. The summed E-state index contributed by atoms with van der Waals surface area (Å²) in [6.07, 6.45) is 3.50. The molecule has 129 valence electrons. The number of hydrogen-bond donors (Lipinski definition) is 1. The van der Waals surface area contributed by atoms with Crippen molar-refractivity contribution in [2.75, 3.05) is 24.5 Å². The predicted octanol–water partition coefficient (Wildman–Crippen LogP) is 2.67. The van der Waals surface area contributed by atoms with Crippen molar-refractivity contribution in [1.82, 2.24) is 4.90 Å². The minimum Gasteiger partial charge on any atom is -0.372 e. The topological polar surface area (TPSA) is 49.6 Å². The molecule has 0 spiro atoms. The Morgan fingerprint density at radius 1 is 1.12 bits per heavy atom. The molecule has 2 aromatic carbocycles. The van der Waals surface area contributed by atoms with E-state index in [0.717, 1.165) is 38.2 Å². The van der Waals surface area contributed by atoms with Crippen LogP contribution in [0.5, 0.6) is 0 Å². The molecule has 2 aliphatic rings. The largest absolute Gasteiger partial charge is 0.372 e. The average molecular weight is 334 g/mol. The van der Waals surface area contributed by atoms with E-state index >= 15 is 0 Å². The first-order valence-electron chi connectivity index (χ1n) is 9.08. The van der Waals surface area contributed by atoms with Gasteiger partial charge in [-0.15, -0.1) is 0 Å². The zero-order chi connectivity index (χ0) is 17.2. The maximum atomic E-state index is 12.1. The van der Waals surface area contributed by atoms with Crippen molar-refractivity contribution in [1.29, 1.82) is 0 Å². The third-order valence-electron chi connectivity index (χ3n) is 5.38. The molecule has 4 heteroatoms. The summed E-state index contributed by atoms with van der Waals surface area (Å²) in [5, 5.41) is 0. The number of carbonyl (C=O) groups is 1. The summed E-state index contributed by atoms with van der Waals surface area (Å²) in [6, 6.07) is 17.3. The minimum absolute atomic E-state index is 0.277. The van der Waals surface area contributed by atoms with Crippen LogP contribution in [0.2, 0.25) is 0 Å². The second kappa shape index (κ2) is 6.89. The fourth-order valence-corrected chi connectivity index (χ4v) is 4.08. The SMILES string of the molecule is NC(=O)C1c2cc[c]cc2CCN1Cc1ccc(N2CCCC2)cc1. The van der Waals surface area contributed by atoms with Crippen molar-refractivity contribution in [2.24, 2.45) is 5.73 Å². The minimum atomic E-state index is -0.350. The predicted molar refractivity (Wildman–Crippen MR) is 99.2 cm³/mol. The number of carbonyl (C=O) groups excluding carboxylic acids is 1. The maximum absolute atomic E-state index is 12.1. The van der Waals surface area contributed by atoms with Gasteiger partial charge in [0, 0.05) is 31.9 Å². The van der Waals surface area contributed by atoms with Gasteiger partial charge in [-0.25, -0.2) is 0 Å². The van der Waals surface area contributed by atoms with Crippen molar-refractivity contribution in [3.63, 3.8) is 0 Å². The number of hydrogen-bond acceptors (Lipinski definition) is 3. The number of primary amides is 1. The Morgan fingerprint density at radius 2 is 1.88 bits per heavy atom. The van der Waals surface area contributed by atoms with Gasteiger partial charge >= 0.3 is 0 Å². The molecule has 2 N–H and O–H groups in total. The van der Waals surface area contributed by atoms with E-state index < -0.39 is 0 Å². The van der Waals surface area contributed by atoms with E-state index in [1.54, 1.807) is 0 Å². The molecule has 2 heterocycles. The molecule has 0 aliphatic carbocycles. The number of anilines is 1. The van der Waals surface area contributed by atoms with E-state index in [1.165, 1.54) is 29.7 Å². The van der Waals surface area contributed by atoms with Crippen molar-refractivity contribution >= 4 is 11.6 Å². The first kappa shape index (κ1) is 16.2. The van der Waals surface area contributed by atoms with Crippen LogP contribution in [0.1, 0.15) is 35.6 Å². The van der Waals surface area contributed by atoms with Gasteiger partial charge in [0.05, 0.1) is 0 Å². The van der Waals surface area contributed by atoms with Gasteiger partial charge in [-0.3, -0.25) is 9.69 Å². The lowest BCUT2D eigenvalue weighted by atomic mass is 9.92. The highest BCUT2D eigenvalue weighted by atomic mass is 16.1. The molecular formula is C21H24N3O.